The second-order valence-electron chi connectivity index (χ2n) is 5.66. The first-order chi connectivity index (χ1) is 8.95. The van der Waals surface area contributed by atoms with Crippen molar-refractivity contribution < 1.29 is 9.90 Å². The fourth-order valence-electron chi connectivity index (χ4n) is 3.00. The molecule has 2 N–H and O–H groups in total. The van der Waals surface area contributed by atoms with Crippen LogP contribution in [0.5, 0.6) is 0 Å². The van der Waals surface area contributed by atoms with E-state index in [0.717, 1.165) is 23.0 Å². The van der Waals surface area contributed by atoms with E-state index < -0.39 is 11.5 Å². The zero-order valence-electron chi connectivity index (χ0n) is 11.3. The highest BCUT2D eigenvalue weighted by atomic mass is 79.9. The summed E-state index contributed by atoms with van der Waals surface area (Å²) in [6, 6.07) is 7.68. The highest BCUT2D eigenvalue weighted by molar-refractivity contribution is 9.10. The lowest BCUT2D eigenvalue weighted by atomic mass is 9.70. The van der Waals surface area contributed by atoms with Crippen molar-refractivity contribution in [3.8, 4) is 0 Å². The standard InChI is InChI=1S/C15H20BrNO2/c1-10-7-8-15(14(18)19,11(2)9-10)17-13-6-4-3-5-12(13)16/h3-6,10-11,17H,7-9H2,1-2H3,(H,18,19). The number of carboxylic acids is 1. The third-order valence-electron chi connectivity index (χ3n) is 4.24. The normalized spacial score (nSPS) is 30.9. The molecule has 1 aliphatic rings. The van der Waals surface area contributed by atoms with Crippen molar-refractivity contribution in [2.75, 3.05) is 5.32 Å². The number of para-hydroxylation sites is 1. The summed E-state index contributed by atoms with van der Waals surface area (Å²) < 4.78 is 0.904. The molecule has 3 atom stereocenters. The largest absolute Gasteiger partial charge is 0.479 e. The van der Waals surface area contributed by atoms with E-state index in [4.69, 9.17) is 0 Å². The lowest BCUT2D eigenvalue weighted by molar-refractivity contribution is -0.145. The van der Waals surface area contributed by atoms with Gasteiger partial charge in [0.1, 0.15) is 5.54 Å². The molecule has 4 heteroatoms. The highest BCUT2D eigenvalue weighted by Gasteiger charge is 2.46. The Kier molecular flexibility index (Phi) is 4.19. The minimum atomic E-state index is -0.851. The van der Waals surface area contributed by atoms with Crippen LogP contribution >= 0.6 is 15.9 Å². The number of hydrogen-bond donors (Lipinski definition) is 2. The maximum absolute atomic E-state index is 11.8. The van der Waals surface area contributed by atoms with Crippen LogP contribution < -0.4 is 5.32 Å². The van der Waals surface area contributed by atoms with Gasteiger partial charge in [-0.05, 0) is 59.2 Å². The van der Waals surface area contributed by atoms with Crippen LogP contribution in [-0.4, -0.2) is 16.6 Å². The van der Waals surface area contributed by atoms with E-state index in [1.807, 2.05) is 31.2 Å². The minimum absolute atomic E-state index is 0.112. The molecular formula is C15H20BrNO2. The number of carboxylic acid groups (broad SMARTS) is 1. The predicted molar refractivity (Wildman–Crippen MR) is 80.3 cm³/mol. The number of carbonyl (C=O) groups is 1. The number of benzene rings is 1. The number of aliphatic carboxylic acids is 1. The first kappa shape index (κ1) is 14.4. The van der Waals surface area contributed by atoms with Crippen LogP contribution in [0.4, 0.5) is 5.69 Å². The minimum Gasteiger partial charge on any atom is -0.479 e. The van der Waals surface area contributed by atoms with Crippen molar-refractivity contribution in [2.45, 2.75) is 38.6 Å². The van der Waals surface area contributed by atoms with E-state index in [1.54, 1.807) is 0 Å². The SMILES string of the molecule is CC1CCC(Nc2ccccc2Br)(C(=O)O)C(C)C1. The van der Waals surface area contributed by atoms with Crippen LogP contribution in [0.15, 0.2) is 28.7 Å². The fourth-order valence-corrected chi connectivity index (χ4v) is 3.39. The molecule has 1 aliphatic carbocycles. The molecule has 104 valence electrons. The summed E-state index contributed by atoms with van der Waals surface area (Å²) in [5, 5.41) is 13.0. The molecule has 3 unspecified atom stereocenters. The fraction of sp³-hybridized carbons (Fsp3) is 0.533. The van der Waals surface area contributed by atoms with E-state index in [1.165, 1.54) is 0 Å². The quantitative estimate of drug-likeness (QED) is 0.878. The summed E-state index contributed by atoms with van der Waals surface area (Å²) in [7, 11) is 0. The number of halogens is 1. The van der Waals surface area contributed by atoms with Crippen molar-refractivity contribution in [3.63, 3.8) is 0 Å². The zero-order chi connectivity index (χ0) is 14.0. The van der Waals surface area contributed by atoms with Gasteiger partial charge in [0.05, 0.1) is 0 Å². The summed E-state index contributed by atoms with van der Waals surface area (Å²) in [4.78, 5) is 11.8. The molecule has 0 amide bonds. The summed E-state index contributed by atoms with van der Waals surface area (Å²) in [5.41, 5.74) is 0.00225. The Balaban J connectivity index is 2.31. The number of hydrogen-bond acceptors (Lipinski definition) is 2. The first-order valence-corrected chi connectivity index (χ1v) is 7.51. The molecule has 0 bridgehead atoms. The highest BCUT2D eigenvalue weighted by Crippen LogP contribution is 2.40. The molecule has 0 radical (unpaired) electrons. The van der Waals surface area contributed by atoms with Crippen molar-refractivity contribution in [1.82, 2.24) is 0 Å². The van der Waals surface area contributed by atoms with Crippen molar-refractivity contribution in [1.29, 1.82) is 0 Å². The monoisotopic (exact) mass is 325 g/mol. The molecule has 1 aromatic rings. The van der Waals surface area contributed by atoms with Gasteiger partial charge in [-0.25, -0.2) is 4.79 Å². The Morgan fingerprint density at radius 3 is 2.68 bits per heavy atom. The van der Waals surface area contributed by atoms with Gasteiger partial charge in [-0.15, -0.1) is 0 Å². The molecule has 1 saturated carbocycles. The predicted octanol–water partition coefficient (Wildman–Crippen LogP) is 4.14. The van der Waals surface area contributed by atoms with E-state index in [9.17, 15) is 9.90 Å². The van der Waals surface area contributed by atoms with E-state index in [0.29, 0.717) is 12.3 Å². The maximum Gasteiger partial charge on any atom is 0.329 e. The summed E-state index contributed by atoms with van der Waals surface area (Å²) in [6.45, 7) is 4.23. The van der Waals surface area contributed by atoms with Gasteiger partial charge in [0, 0.05) is 10.2 Å². The molecule has 3 nitrogen and oxygen atoms in total. The molecule has 0 aromatic heterocycles. The summed E-state index contributed by atoms with van der Waals surface area (Å²) in [5.74, 6) is -0.0352. The van der Waals surface area contributed by atoms with Gasteiger partial charge < -0.3 is 10.4 Å². The Hall–Kier alpha value is -1.03. The van der Waals surface area contributed by atoms with Crippen LogP contribution in [-0.2, 0) is 4.79 Å². The Labute approximate surface area is 122 Å². The molecule has 1 fully saturated rings. The van der Waals surface area contributed by atoms with Gasteiger partial charge in [0.2, 0.25) is 0 Å². The van der Waals surface area contributed by atoms with Crippen molar-refractivity contribution in [2.24, 2.45) is 11.8 Å². The second-order valence-corrected chi connectivity index (χ2v) is 6.52. The van der Waals surface area contributed by atoms with Crippen LogP contribution in [0, 0.1) is 11.8 Å². The van der Waals surface area contributed by atoms with Gasteiger partial charge in [-0.1, -0.05) is 26.0 Å². The van der Waals surface area contributed by atoms with Crippen molar-refractivity contribution >= 4 is 27.6 Å². The average Bonchev–Trinajstić information content (AvgIpc) is 2.35. The van der Waals surface area contributed by atoms with Crippen LogP contribution in [0.2, 0.25) is 0 Å². The molecule has 0 heterocycles. The van der Waals surface area contributed by atoms with Gasteiger partial charge in [0.15, 0.2) is 0 Å². The molecule has 0 saturated heterocycles. The summed E-state index contributed by atoms with van der Waals surface area (Å²) in [6.07, 6.45) is 2.57. The van der Waals surface area contributed by atoms with Crippen LogP contribution in [0.1, 0.15) is 33.1 Å². The molecule has 19 heavy (non-hydrogen) atoms. The molecule has 2 rings (SSSR count). The number of nitrogens with one attached hydrogen (secondary N) is 1. The average molecular weight is 326 g/mol. The third kappa shape index (κ3) is 2.78. The molecule has 1 aromatic carbocycles. The van der Waals surface area contributed by atoms with Gasteiger partial charge in [-0.3, -0.25) is 0 Å². The second kappa shape index (κ2) is 5.53. The van der Waals surface area contributed by atoms with E-state index in [-0.39, 0.29) is 5.92 Å². The smallest absolute Gasteiger partial charge is 0.329 e. The Morgan fingerprint density at radius 2 is 2.11 bits per heavy atom. The van der Waals surface area contributed by atoms with Gasteiger partial charge in [-0.2, -0.15) is 0 Å². The summed E-state index contributed by atoms with van der Waals surface area (Å²) >= 11 is 3.47. The lowest BCUT2D eigenvalue weighted by Crippen LogP contribution is -2.54. The topological polar surface area (TPSA) is 49.3 Å². The molecular weight excluding hydrogens is 306 g/mol. The lowest BCUT2D eigenvalue weighted by Gasteiger charge is -2.42. The van der Waals surface area contributed by atoms with Gasteiger partial charge in [0.25, 0.3) is 0 Å². The van der Waals surface area contributed by atoms with Gasteiger partial charge >= 0.3 is 5.97 Å². The number of rotatable bonds is 3. The van der Waals surface area contributed by atoms with E-state index in [2.05, 4.69) is 28.2 Å². The van der Waals surface area contributed by atoms with Crippen LogP contribution in [0.25, 0.3) is 0 Å². The van der Waals surface area contributed by atoms with Crippen LogP contribution in [0.3, 0.4) is 0 Å². The third-order valence-corrected chi connectivity index (χ3v) is 4.93. The molecule has 0 aliphatic heterocycles. The zero-order valence-corrected chi connectivity index (χ0v) is 12.9. The van der Waals surface area contributed by atoms with Crippen molar-refractivity contribution in [3.05, 3.63) is 28.7 Å². The first-order valence-electron chi connectivity index (χ1n) is 6.72. The molecule has 0 spiro atoms. The maximum atomic E-state index is 11.8. The Morgan fingerprint density at radius 1 is 1.42 bits per heavy atom. The number of anilines is 1. The van der Waals surface area contributed by atoms with E-state index >= 15 is 0 Å². The Bertz CT molecular complexity index is 477.